The number of benzene rings is 2. The van der Waals surface area contributed by atoms with E-state index in [1.807, 2.05) is 30.5 Å². The molecule has 1 heterocycles. The highest BCUT2D eigenvalue weighted by molar-refractivity contribution is 5.93. The zero-order valence-electron chi connectivity index (χ0n) is 14.2. The van der Waals surface area contributed by atoms with Gasteiger partial charge in [-0.25, -0.2) is 4.99 Å². The summed E-state index contributed by atoms with van der Waals surface area (Å²) in [5, 5.41) is 4.42. The van der Waals surface area contributed by atoms with Crippen LogP contribution in [0.3, 0.4) is 0 Å². The Morgan fingerprint density at radius 3 is 2.88 bits per heavy atom. The lowest BCUT2D eigenvalue weighted by molar-refractivity contribution is 0.687. The van der Waals surface area contributed by atoms with Gasteiger partial charge in [-0.3, -0.25) is 4.98 Å². The van der Waals surface area contributed by atoms with E-state index in [9.17, 15) is 0 Å². The first-order valence-electron chi connectivity index (χ1n) is 8.81. The van der Waals surface area contributed by atoms with Crippen molar-refractivity contribution in [2.24, 2.45) is 10.7 Å². The average Bonchev–Trinajstić information content (AvgIpc) is 2.66. The molecule has 0 aliphatic heterocycles. The van der Waals surface area contributed by atoms with Crippen LogP contribution in [-0.4, -0.2) is 10.9 Å². The van der Waals surface area contributed by atoms with E-state index in [2.05, 4.69) is 39.6 Å². The smallest absolute Gasteiger partial charge is 0.193 e. The first kappa shape index (κ1) is 15.6. The van der Waals surface area contributed by atoms with Gasteiger partial charge in [-0.2, -0.15) is 0 Å². The third-order valence-corrected chi connectivity index (χ3v) is 4.82. The number of guanidine groups is 1. The van der Waals surface area contributed by atoms with Crippen LogP contribution in [0.15, 0.2) is 59.7 Å². The summed E-state index contributed by atoms with van der Waals surface area (Å²) in [5.41, 5.74) is 12.2. The van der Waals surface area contributed by atoms with Gasteiger partial charge in [0.1, 0.15) is 0 Å². The number of anilines is 1. The second-order valence-corrected chi connectivity index (χ2v) is 6.46. The van der Waals surface area contributed by atoms with Crippen LogP contribution >= 0.6 is 0 Å². The van der Waals surface area contributed by atoms with Crippen molar-refractivity contribution in [1.29, 1.82) is 0 Å². The van der Waals surface area contributed by atoms with Crippen molar-refractivity contribution in [3.63, 3.8) is 0 Å². The summed E-state index contributed by atoms with van der Waals surface area (Å²) >= 11 is 0. The van der Waals surface area contributed by atoms with Crippen molar-refractivity contribution in [3.05, 3.63) is 71.4 Å². The number of fused-ring (bicyclic) bond motifs is 2. The van der Waals surface area contributed by atoms with E-state index in [4.69, 9.17) is 5.73 Å². The van der Waals surface area contributed by atoms with E-state index >= 15 is 0 Å². The molecule has 2 aromatic carbocycles. The van der Waals surface area contributed by atoms with E-state index in [1.165, 1.54) is 24.0 Å². The number of para-hydroxylation sites is 1. The van der Waals surface area contributed by atoms with Crippen molar-refractivity contribution < 1.29 is 0 Å². The van der Waals surface area contributed by atoms with Crippen molar-refractivity contribution in [1.82, 2.24) is 4.98 Å². The third kappa shape index (κ3) is 3.33. The Hall–Kier alpha value is -2.88. The number of aryl methyl sites for hydroxylation is 1. The normalized spacial score (nSPS) is 14.3. The molecule has 0 amide bonds. The van der Waals surface area contributed by atoms with E-state index < -0.39 is 0 Å². The van der Waals surface area contributed by atoms with Gasteiger partial charge in [-0.1, -0.05) is 30.3 Å². The maximum absolute atomic E-state index is 6.15. The fraction of sp³-hybridized carbons (Fsp3) is 0.238. The Labute approximate surface area is 147 Å². The maximum atomic E-state index is 6.15. The van der Waals surface area contributed by atoms with Crippen molar-refractivity contribution in [3.8, 4) is 0 Å². The minimum Gasteiger partial charge on any atom is -0.370 e. The summed E-state index contributed by atoms with van der Waals surface area (Å²) in [6.07, 6.45) is 6.61. The van der Waals surface area contributed by atoms with Gasteiger partial charge in [0.05, 0.1) is 12.1 Å². The predicted octanol–water partition coefficient (Wildman–Crippen LogP) is 4.04. The first-order chi connectivity index (χ1) is 12.3. The van der Waals surface area contributed by atoms with E-state index in [-0.39, 0.29) is 0 Å². The van der Waals surface area contributed by atoms with E-state index in [0.29, 0.717) is 12.5 Å². The first-order valence-corrected chi connectivity index (χ1v) is 8.81. The minimum absolute atomic E-state index is 0.458. The van der Waals surface area contributed by atoms with E-state index in [0.717, 1.165) is 35.0 Å². The fourth-order valence-electron chi connectivity index (χ4n) is 3.54. The second kappa shape index (κ2) is 6.93. The molecule has 3 aromatic rings. The molecule has 4 nitrogen and oxygen atoms in total. The number of hydrogen-bond acceptors (Lipinski definition) is 2. The van der Waals surface area contributed by atoms with Crippen LogP contribution in [0.1, 0.15) is 29.5 Å². The SMILES string of the molecule is NC(=NCc1ccnc2ccccc12)Nc1cccc2c1CCCC2. The molecule has 1 aliphatic rings. The summed E-state index contributed by atoms with van der Waals surface area (Å²) in [6, 6.07) is 16.5. The van der Waals surface area contributed by atoms with Gasteiger partial charge in [-0.15, -0.1) is 0 Å². The lowest BCUT2D eigenvalue weighted by atomic mass is 9.90. The molecule has 4 heteroatoms. The molecule has 0 unspecified atom stereocenters. The number of nitrogens with two attached hydrogens (primary N) is 1. The van der Waals surface area contributed by atoms with Gasteiger partial charge in [0, 0.05) is 17.3 Å². The molecule has 0 spiro atoms. The molecule has 0 saturated heterocycles. The molecule has 1 aliphatic carbocycles. The molecule has 126 valence electrons. The summed E-state index contributed by atoms with van der Waals surface area (Å²) in [4.78, 5) is 8.93. The van der Waals surface area contributed by atoms with Crippen molar-refractivity contribution >= 4 is 22.5 Å². The Kier molecular flexibility index (Phi) is 4.34. The highest BCUT2D eigenvalue weighted by Crippen LogP contribution is 2.27. The lowest BCUT2D eigenvalue weighted by Gasteiger charge is -2.19. The summed E-state index contributed by atoms with van der Waals surface area (Å²) in [6.45, 7) is 0.539. The molecule has 0 fully saturated rings. The number of pyridine rings is 1. The van der Waals surface area contributed by atoms with Gasteiger partial charge in [0.25, 0.3) is 0 Å². The molecule has 0 atom stereocenters. The number of aliphatic imine (C=N–C) groups is 1. The van der Waals surface area contributed by atoms with Gasteiger partial charge in [0.2, 0.25) is 0 Å². The highest BCUT2D eigenvalue weighted by atomic mass is 15.1. The van der Waals surface area contributed by atoms with Gasteiger partial charge in [0.15, 0.2) is 5.96 Å². The van der Waals surface area contributed by atoms with Crippen molar-refractivity contribution in [2.75, 3.05) is 5.32 Å². The quantitative estimate of drug-likeness (QED) is 0.563. The third-order valence-electron chi connectivity index (χ3n) is 4.82. The minimum atomic E-state index is 0.458. The number of nitrogens with one attached hydrogen (secondary N) is 1. The summed E-state index contributed by atoms with van der Waals surface area (Å²) < 4.78 is 0. The zero-order chi connectivity index (χ0) is 17.1. The largest absolute Gasteiger partial charge is 0.370 e. The molecule has 0 bridgehead atoms. The Morgan fingerprint density at radius 1 is 1.04 bits per heavy atom. The average molecular weight is 330 g/mol. The Morgan fingerprint density at radius 2 is 1.92 bits per heavy atom. The van der Waals surface area contributed by atoms with Crippen molar-refractivity contribution in [2.45, 2.75) is 32.2 Å². The molecule has 1 aromatic heterocycles. The lowest BCUT2D eigenvalue weighted by Crippen LogP contribution is -2.24. The summed E-state index contributed by atoms with van der Waals surface area (Å²) in [5.74, 6) is 0.458. The van der Waals surface area contributed by atoms with Crippen LogP contribution in [-0.2, 0) is 19.4 Å². The monoisotopic (exact) mass is 330 g/mol. The standard InChI is InChI=1S/C21H22N4/c22-21(25-20-11-5-7-15-6-1-2-8-17(15)20)24-14-16-12-13-23-19-10-4-3-9-18(16)19/h3-5,7,9-13H,1-2,6,8,14H2,(H3,22,24,25). The number of hydrogen-bond donors (Lipinski definition) is 2. The molecule has 25 heavy (non-hydrogen) atoms. The molecule has 3 N–H and O–H groups in total. The number of rotatable bonds is 3. The Bertz CT molecular complexity index is 925. The van der Waals surface area contributed by atoms with Crippen LogP contribution in [0.2, 0.25) is 0 Å². The van der Waals surface area contributed by atoms with Gasteiger partial charge in [-0.05, 0) is 60.6 Å². The van der Waals surface area contributed by atoms with Crippen LogP contribution in [0, 0.1) is 0 Å². The van der Waals surface area contributed by atoms with Crippen LogP contribution < -0.4 is 11.1 Å². The fourth-order valence-corrected chi connectivity index (χ4v) is 3.54. The van der Waals surface area contributed by atoms with Gasteiger partial charge >= 0.3 is 0 Å². The number of nitrogens with zero attached hydrogens (tertiary/aromatic N) is 2. The predicted molar refractivity (Wildman–Crippen MR) is 104 cm³/mol. The molecular formula is C21H22N4. The van der Waals surface area contributed by atoms with E-state index in [1.54, 1.807) is 0 Å². The van der Waals surface area contributed by atoms with Crippen LogP contribution in [0.5, 0.6) is 0 Å². The molecule has 4 rings (SSSR count). The molecular weight excluding hydrogens is 308 g/mol. The van der Waals surface area contributed by atoms with Crippen LogP contribution in [0.4, 0.5) is 5.69 Å². The maximum Gasteiger partial charge on any atom is 0.193 e. The van der Waals surface area contributed by atoms with Gasteiger partial charge < -0.3 is 11.1 Å². The second-order valence-electron chi connectivity index (χ2n) is 6.46. The molecule has 0 saturated carbocycles. The topological polar surface area (TPSA) is 63.3 Å². The summed E-state index contributed by atoms with van der Waals surface area (Å²) in [7, 11) is 0. The zero-order valence-corrected chi connectivity index (χ0v) is 14.2. The number of aromatic nitrogens is 1. The Balaban J connectivity index is 1.54. The molecule has 0 radical (unpaired) electrons. The van der Waals surface area contributed by atoms with Crippen LogP contribution in [0.25, 0.3) is 10.9 Å². The highest BCUT2D eigenvalue weighted by Gasteiger charge is 2.13.